The number of thioether (sulfide) groups is 1. The minimum absolute atomic E-state index is 0.0619. The van der Waals surface area contributed by atoms with E-state index in [4.69, 9.17) is 0 Å². The van der Waals surface area contributed by atoms with E-state index in [2.05, 4.69) is 17.0 Å². The third kappa shape index (κ3) is 5.02. The van der Waals surface area contributed by atoms with Crippen LogP contribution in [0.2, 0.25) is 0 Å². The highest BCUT2D eigenvalue weighted by molar-refractivity contribution is 7.99. The molecule has 0 aromatic carbocycles. The van der Waals surface area contributed by atoms with E-state index in [1.54, 1.807) is 24.0 Å². The molecule has 21 heavy (non-hydrogen) atoms. The molecule has 7 heteroatoms. The number of sulfonamides is 1. The molecular formula is C14H25N3O2S2. The van der Waals surface area contributed by atoms with Gasteiger partial charge in [-0.3, -0.25) is 0 Å². The van der Waals surface area contributed by atoms with Crippen molar-refractivity contribution >= 4 is 21.8 Å². The molecule has 0 aliphatic heterocycles. The molecule has 1 fully saturated rings. The summed E-state index contributed by atoms with van der Waals surface area (Å²) in [6, 6.07) is 2.31. The molecule has 1 aromatic rings. The molecule has 0 spiro atoms. The molecule has 5 nitrogen and oxygen atoms in total. The largest absolute Gasteiger partial charge is 0.352 e. The molecule has 0 bridgehead atoms. The second-order valence-electron chi connectivity index (χ2n) is 5.62. The Morgan fingerprint density at radius 2 is 2.19 bits per heavy atom. The van der Waals surface area contributed by atoms with E-state index in [0.29, 0.717) is 10.9 Å². The summed E-state index contributed by atoms with van der Waals surface area (Å²) in [6.07, 6.45) is 4.14. The molecule has 2 N–H and O–H groups in total. The monoisotopic (exact) mass is 331 g/mol. The zero-order chi connectivity index (χ0) is 15.5. The fourth-order valence-electron chi connectivity index (χ4n) is 2.10. The fraction of sp³-hybridized carbons (Fsp3) is 0.714. The Hall–Kier alpha value is -0.500. The van der Waals surface area contributed by atoms with Gasteiger partial charge in [0.05, 0.1) is 4.90 Å². The second-order valence-corrected chi connectivity index (χ2v) is 8.65. The highest BCUT2D eigenvalue weighted by Gasteiger charge is 2.22. The Labute approximate surface area is 131 Å². The van der Waals surface area contributed by atoms with Crippen LogP contribution in [0.1, 0.15) is 32.4 Å². The van der Waals surface area contributed by atoms with Crippen molar-refractivity contribution < 1.29 is 8.42 Å². The first-order valence-corrected chi connectivity index (χ1v) is 10.0. The van der Waals surface area contributed by atoms with Crippen LogP contribution in [0.15, 0.2) is 17.2 Å². The van der Waals surface area contributed by atoms with Crippen molar-refractivity contribution in [1.82, 2.24) is 14.6 Å². The average molecular weight is 332 g/mol. The molecule has 0 amide bonds. The van der Waals surface area contributed by atoms with E-state index < -0.39 is 10.0 Å². The first-order chi connectivity index (χ1) is 9.92. The third-order valence-corrected chi connectivity index (χ3v) is 6.17. The summed E-state index contributed by atoms with van der Waals surface area (Å²) < 4.78 is 29.4. The highest BCUT2D eigenvalue weighted by Crippen LogP contribution is 2.20. The number of hydrogen-bond donors (Lipinski definition) is 2. The minimum Gasteiger partial charge on any atom is -0.352 e. The Kier molecular flexibility index (Phi) is 5.76. The summed E-state index contributed by atoms with van der Waals surface area (Å²) in [5.41, 5.74) is 0.998. The molecule has 1 heterocycles. The quantitative estimate of drug-likeness (QED) is 0.723. The molecule has 1 aromatic heterocycles. The van der Waals surface area contributed by atoms with Crippen LogP contribution in [-0.2, 0) is 23.6 Å². The smallest absolute Gasteiger partial charge is 0.242 e. The van der Waals surface area contributed by atoms with E-state index in [0.717, 1.165) is 23.7 Å². The lowest BCUT2D eigenvalue weighted by molar-refractivity contribution is 0.571. The zero-order valence-corrected chi connectivity index (χ0v) is 14.6. The van der Waals surface area contributed by atoms with E-state index in [-0.39, 0.29) is 6.04 Å². The van der Waals surface area contributed by atoms with Crippen molar-refractivity contribution in [2.75, 3.05) is 11.5 Å². The van der Waals surface area contributed by atoms with Crippen LogP contribution in [-0.4, -0.2) is 36.6 Å². The van der Waals surface area contributed by atoms with E-state index >= 15 is 0 Å². The minimum atomic E-state index is -3.43. The number of nitrogens with zero attached hydrogens (tertiary/aromatic N) is 1. The van der Waals surface area contributed by atoms with E-state index in [9.17, 15) is 8.42 Å². The lowest BCUT2D eigenvalue weighted by Crippen LogP contribution is -2.34. The number of hydrogen-bond acceptors (Lipinski definition) is 4. The Morgan fingerprint density at radius 3 is 2.81 bits per heavy atom. The topological polar surface area (TPSA) is 63.1 Å². The van der Waals surface area contributed by atoms with Gasteiger partial charge in [0, 0.05) is 43.3 Å². The summed E-state index contributed by atoms with van der Waals surface area (Å²) in [6.45, 7) is 4.69. The van der Waals surface area contributed by atoms with Crippen molar-refractivity contribution in [3.8, 4) is 0 Å². The van der Waals surface area contributed by atoms with Crippen molar-refractivity contribution in [2.45, 2.75) is 50.2 Å². The van der Waals surface area contributed by atoms with Crippen molar-refractivity contribution in [3.63, 3.8) is 0 Å². The van der Waals surface area contributed by atoms with Crippen LogP contribution < -0.4 is 10.0 Å². The number of nitrogens with one attached hydrogen (secondary N) is 2. The lowest BCUT2D eigenvalue weighted by atomic mass is 10.4. The van der Waals surface area contributed by atoms with E-state index in [1.165, 1.54) is 12.8 Å². The molecule has 1 atom stereocenters. The standard InChI is InChI=1S/C14H25N3O2S2/c1-4-20-10-11(2)16-21(18,19)14-7-13(17(3)9-14)8-15-12-5-6-12/h7,9,11-12,15-16H,4-6,8,10H2,1-3H3. The predicted molar refractivity (Wildman–Crippen MR) is 88.1 cm³/mol. The lowest BCUT2D eigenvalue weighted by Gasteiger charge is -2.12. The Balaban J connectivity index is 1.99. The van der Waals surface area contributed by atoms with Gasteiger partial charge < -0.3 is 9.88 Å². The van der Waals surface area contributed by atoms with E-state index in [1.807, 2.05) is 18.5 Å². The first-order valence-electron chi connectivity index (χ1n) is 7.41. The van der Waals surface area contributed by atoms with Gasteiger partial charge in [0.15, 0.2) is 0 Å². The molecule has 1 aliphatic rings. The SMILES string of the molecule is CCSCC(C)NS(=O)(=O)c1cc(CNC2CC2)n(C)c1. The van der Waals surface area contributed by atoms with Crippen molar-refractivity contribution in [3.05, 3.63) is 18.0 Å². The predicted octanol–water partition coefficient (Wildman–Crippen LogP) is 1.70. The normalized spacial score (nSPS) is 17.1. The number of rotatable bonds is 9. The zero-order valence-electron chi connectivity index (χ0n) is 12.9. The maximum absolute atomic E-state index is 12.4. The average Bonchev–Trinajstić information content (AvgIpc) is 3.16. The summed E-state index contributed by atoms with van der Waals surface area (Å²) in [5, 5.41) is 3.41. The Bertz CT molecular complexity index is 565. The summed E-state index contributed by atoms with van der Waals surface area (Å²) in [4.78, 5) is 0.353. The van der Waals surface area contributed by atoms with Crippen LogP contribution in [0.25, 0.3) is 0 Å². The summed E-state index contributed by atoms with van der Waals surface area (Å²) in [7, 11) is -1.54. The molecule has 0 radical (unpaired) electrons. The molecule has 1 aliphatic carbocycles. The van der Waals surface area contributed by atoms with Gasteiger partial charge in [-0.25, -0.2) is 13.1 Å². The van der Waals surface area contributed by atoms with Gasteiger partial charge in [0.1, 0.15) is 0 Å². The molecule has 0 saturated heterocycles. The van der Waals surface area contributed by atoms with Gasteiger partial charge in [-0.1, -0.05) is 6.92 Å². The molecular weight excluding hydrogens is 306 g/mol. The van der Waals surface area contributed by atoms with Gasteiger partial charge in [0.25, 0.3) is 0 Å². The maximum atomic E-state index is 12.4. The van der Waals surface area contributed by atoms with Crippen LogP contribution in [0.5, 0.6) is 0 Å². The first kappa shape index (κ1) is 16.9. The fourth-order valence-corrected chi connectivity index (χ4v) is 4.21. The van der Waals surface area contributed by atoms with Gasteiger partial charge in [-0.15, -0.1) is 0 Å². The van der Waals surface area contributed by atoms with Crippen LogP contribution in [0.4, 0.5) is 0 Å². The summed E-state index contributed by atoms with van der Waals surface area (Å²) >= 11 is 1.74. The second kappa shape index (κ2) is 7.17. The number of aromatic nitrogens is 1. The molecule has 2 rings (SSSR count). The van der Waals surface area contributed by atoms with Gasteiger partial charge in [0.2, 0.25) is 10.0 Å². The van der Waals surface area contributed by atoms with Crippen LogP contribution in [0.3, 0.4) is 0 Å². The highest BCUT2D eigenvalue weighted by atomic mass is 32.2. The molecule has 120 valence electrons. The summed E-state index contributed by atoms with van der Waals surface area (Å²) in [5.74, 6) is 1.78. The van der Waals surface area contributed by atoms with Crippen molar-refractivity contribution in [1.29, 1.82) is 0 Å². The molecule has 1 saturated carbocycles. The van der Waals surface area contributed by atoms with Crippen LogP contribution in [0, 0.1) is 0 Å². The molecule has 1 unspecified atom stereocenters. The third-order valence-electron chi connectivity index (χ3n) is 3.47. The van der Waals surface area contributed by atoms with Gasteiger partial charge in [-0.2, -0.15) is 11.8 Å². The maximum Gasteiger partial charge on any atom is 0.242 e. The van der Waals surface area contributed by atoms with Crippen LogP contribution >= 0.6 is 11.8 Å². The number of aryl methyl sites for hydroxylation is 1. The Morgan fingerprint density at radius 1 is 1.48 bits per heavy atom. The van der Waals surface area contributed by atoms with Gasteiger partial charge in [-0.05, 0) is 31.6 Å². The van der Waals surface area contributed by atoms with Crippen molar-refractivity contribution in [2.24, 2.45) is 7.05 Å². The van der Waals surface area contributed by atoms with Gasteiger partial charge >= 0.3 is 0 Å².